The number of rotatable bonds is 7. The molecule has 9 heteroatoms. The number of carbonyl (C=O) groups is 1. The Morgan fingerprint density at radius 1 is 1.07 bits per heavy atom. The van der Waals surface area contributed by atoms with Crippen LogP contribution in [-0.2, 0) is 10.0 Å². The number of nitrogens with one attached hydrogen (secondary N) is 2. The van der Waals surface area contributed by atoms with E-state index in [2.05, 4.69) is 20.2 Å². The zero-order valence-corrected chi connectivity index (χ0v) is 16.3. The third kappa shape index (κ3) is 5.17. The molecular formula is C20H18N4O4S. The van der Waals surface area contributed by atoms with Crippen LogP contribution in [0.1, 0.15) is 16.1 Å². The van der Waals surface area contributed by atoms with Gasteiger partial charge in [0, 0.05) is 11.8 Å². The lowest BCUT2D eigenvalue weighted by molar-refractivity contribution is 0.0955. The van der Waals surface area contributed by atoms with Gasteiger partial charge in [0.1, 0.15) is 5.75 Å². The molecule has 3 aromatic rings. The maximum atomic E-state index is 12.7. The normalized spacial score (nSPS) is 11.2. The molecule has 1 heterocycles. The number of nitrogens with zero attached hydrogens (tertiary/aromatic N) is 2. The van der Waals surface area contributed by atoms with Crippen LogP contribution in [0.5, 0.6) is 5.75 Å². The summed E-state index contributed by atoms with van der Waals surface area (Å²) in [5.74, 6) is -0.166. The molecule has 0 aliphatic carbocycles. The van der Waals surface area contributed by atoms with Crippen LogP contribution in [0.15, 0.2) is 82.9 Å². The summed E-state index contributed by atoms with van der Waals surface area (Å²) in [4.78, 5) is 16.3. The lowest BCUT2D eigenvalue weighted by atomic mass is 10.2. The highest BCUT2D eigenvalue weighted by atomic mass is 32.2. The first-order valence-electron chi connectivity index (χ1n) is 8.50. The molecule has 0 fully saturated rings. The number of aromatic nitrogens is 1. The second-order valence-corrected chi connectivity index (χ2v) is 7.47. The van der Waals surface area contributed by atoms with Gasteiger partial charge in [-0.25, -0.2) is 13.8 Å². The Morgan fingerprint density at radius 3 is 2.62 bits per heavy atom. The summed E-state index contributed by atoms with van der Waals surface area (Å²) < 4.78 is 33.0. The number of ether oxygens (including phenoxy) is 1. The highest BCUT2D eigenvalue weighted by molar-refractivity contribution is 7.92. The van der Waals surface area contributed by atoms with Gasteiger partial charge in [0.05, 0.1) is 29.6 Å². The molecule has 1 amide bonds. The fraction of sp³-hybridized carbons (Fsp3) is 0.0500. The number of carbonyl (C=O) groups excluding carboxylic acids is 1. The monoisotopic (exact) mass is 410 g/mol. The first-order valence-corrected chi connectivity index (χ1v) is 9.98. The SMILES string of the molecule is COc1ccccc1NS(=O)(=O)c1cccc(C(=O)NN=Cc2ccccn2)c1. The highest BCUT2D eigenvalue weighted by Crippen LogP contribution is 2.26. The Balaban J connectivity index is 1.76. The van der Waals surface area contributed by atoms with Gasteiger partial charge in [0.2, 0.25) is 0 Å². The number of anilines is 1. The smallest absolute Gasteiger partial charge is 0.271 e. The van der Waals surface area contributed by atoms with Crippen LogP contribution in [0.3, 0.4) is 0 Å². The molecule has 8 nitrogen and oxygen atoms in total. The number of para-hydroxylation sites is 2. The molecule has 29 heavy (non-hydrogen) atoms. The zero-order chi connectivity index (χ0) is 20.7. The quantitative estimate of drug-likeness (QED) is 0.460. The van der Waals surface area contributed by atoms with E-state index in [4.69, 9.17) is 4.74 Å². The van der Waals surface area contributed by atoms with Crippen molar-refractivity contribution in [3.63, 3.8) is 0 Å². The van der Waals surface area contributed by atoms with Gasteiger partial charge in [-0.05, 0) is 42.5 Å². The van der Waals surface area contributed by atoms with E-state index in [-0.39, 0.29) is 10.5 Å². The molecule has 2 N–H and O–H groups in total. The van der Waals surface area contributed by atoms with Crippen LogP contribution in [0.25, 0.3) is 0 Å². The molecule has 0 bridgehead atoms. The average Bonchev–Trinajstić information content (AvgIpc) is 2.74. The second kappa shape index (κ2) is 8.98. The van der Waals surface area contributed by atoms with Gasteiger partial charge in [-0.1, -0.05) is 24.3 Å². The Kier molecular flexibility index (Phi) is 6.20. The lowest BCUT2D eigenvalue weighted by Crippen LogP contribution is -2.19. The minimum Gasteiger partial charge on any atom is -0.495 e. The van der Waals surface area contributed by atoms with Crippen LogP contribution >= 0.6 is 0 Å². The molecule has 0 atom stereocenters. The van der Waals surface area contributed by atoms with Crippen molar-refractivity contribution in [2.45, 2.75) is 4.90 Å². The van der Waals surface area contributed by atoms with E-state index < -0.39 is 15.9 Å². The van der Waals surface area contributed by atoms with E-state index in [0.717, 1.165) is 0 Å². The standard InChI is InChI=1S/C20H18N4O4S/c1-28-19-11-3-2-10-18(19)24-29(26,27)17-9-6-7-15(13-17)20(25)23-22-14-16-8-4-5-12-21-16/h2-14,24H,1H3,(H,23,25). The highest BCUT2D eigenvalue weighted by Gasteiger charge is 2.18. The Morgan fingerprint density at radius 2 is 1.86 bits per heavy atom. The Bertz CT molecular complexity index is 1130. The first-order chi connectivity index (χ1) is 14.0. The van der Waals surface area contributed by atoms with Crippen molar-refractivity contribution in [3.05, 3.63) is 84.2 Å². The van der Waals surface area contributed by atoms with E-state index in [0.29, 0.717) is 17.1 Å². The minimum atomic E-state index is -3.92. The number of sulfonamides is 1. The summed E-state index contributed by atoms with van der Waals surface area (Å²) in [5, 5.41) is 3.83. The lowest BCUT2D eigenvalue weighted by Gasteiger charge is -2.12. The maximum Gasteiger partial charge on any atom is 0.271 e. The van der Waals surface area contributed by atoms with Crippen LogP contribution in [-0.4, -0.2) is 32.6 Å². The number of pyridine rings is 1. The van der Waals surface area contributed by atoms with E-state index in [1.807, 2.05) is 0 Å². The van der Waals surface area contributed by atoms with Crippen molar-refractivity contribution < 1.29 is 17.9 Å². The minimum absolute atomic E-state index is 0.0650. The van der Waals surface area contributed by atoms with E-state index in [1.165, 1.54) is 37.6 Å². The van der Waals surface area contributed by atoms with E-state index >= 15 is 0 Å². The zero-order valence-electron chi connectivity index (χ0n) is 15.4. The van der Waals surface area contributed by atoms with Gasteiger partial charge in [0.15, 0.2) is 0 Å². The average molecular weight is 410 g/mol. The van der Waals surface area contributed by atoms with Crippen molar-refractivity contribution in [2.24, 2.45) is 5.10 Å². The molecule has 0 spiro atoms. The third-order valence-electron chi connectivity index (χ3n) is 3.81. The summed E-state index contributed by atoms with van der Waals surface area (Å²) in [6, 6.07) is 17.6. The van der Waals surface area contributed by atoms with Gasteiger partial charge in [0.25, 0.3) is 15.9 Å². The number of amides is 1. The molecule has 148 valence electrons. The van der Waals surface area contributed by atoms with Crippen LogP contribution in [0.4, 0.5) is 5.69 Å². The van der Waals surface area contributed by atoms with Crippen molar-refractivity contribution in [2.75, 3.05) is 11.8 Å². The molecule has 0 saturated heterocycles. The fourth-order valence-electron chi connectivity index (χ4n) is 2.41. The third-order valence-corrected chi connectivity index (χ3v) is 5.17. The number of hydrogen-bond donors (Lipinski definition) is 2. The second-order valence-electron chi connectivity index (χ2n) is 5.79. The number of hydrazone groups is 1. The molecule has 0 aliphatic rings. The maximum absolute atomic E-state index is 12.7. The van der Waals surface area contributed by atoms with Crippen LogP contribution in [0, 0.1) is 0 Å². The number of methoxy groups -OCH3 is 1. The molecule has 3 rings (SSSR count). The van der Waals surface area contributed by atoms with Gasteiger partial charge in [-0.3, -0.25) is 14.5 Å². The van der Waals surface area contributed by atoms with Crippen molar-refractivity contribution >= 4 is 27.8 Å². The molecule has 2 aromatic carbocycles. The summed E-state index contributed by atoms with van der Waals surface area (Å²) in [7, 11) is -2.48. The van der Waals surface area contributed by atoms with Gasteiger partial charge in [-0.2, -0.15) is 5.10 Å². The summed E-state index contributed by atoms with van der Waals surface area (Å²) in [6.07, 6.45) is 2.99. The molecule has 1 aromatic heterocycles. The largest absolute Gasteiger partial charge is 0.495 e. The molecule has 0 radical (unpaired) electrons. The molecule has 0 unspecified atom stereocenters. The van der Waals surface area contributed by atoms with Crippen LogP contribution < -0.4 is 14.9 Å². The van der Waals surface area contributed by atoms with Crippen molar-refractivity contribution in [3.8, 4) is 5.75 Å². The van der Waals surface area contributed by atoms with Gasteiger partial charge < -0.3 is 4.74 Å². The Labute approximate surface area is 168 Å². The summed E-state index contributed by atoms with van der Waals surface area (Å²) in [5.41, 5.74) is 3.36. The summed E-state index contributed by atoms with van der Waals surface area (Å²) in [6.45, 7) is 0. The molecule has 0 aliphatic heterocycles. The fourth-order valence-corrected chi connectivity index (χ4v) is 3.53. The van der Waals surface area contributed by atoms with E-state index in [9.17, 15) is 13.2 Å². The topological polar surface area (TPSA) is 110 Å². The van der Waals surface area contributed by atoms with Crippen molar-refractivity contribution in [1.82, 2.24) is 10.4 Å². The van der Waals surface area contributed by atoms with Crippen molar-refractivity contribution in [1.29, 1.82) is 0 Å². The number of hydrogen-bond acceptors (Lipinski definition) is 6. The summed E-state index contributed by atoms with van der Waals surface area (Å²) >= 11 is 0. The predicted molar refractivity (Wildman–Crippen MR) is 110 cm³/mol. The molecular weight excluding hydrogens is 392 g/mol. The van der Waals surface area contributed by atoms with E-state index in [1.54, 1.807) is 48.7 Å². The molecule has 0 saturated carbocycles. The van der Waals surface area contributed by atoms with Crippen LogP contribution in [0.2, 0.25) is 0 Å². The predicted octanol–water partition coefficient (Wildman–Crippen LogP) is 2.65. The van der Waals surface area contributed by atoms with Gasteiger partial charge >= 0.3 is 0 Å². The first kappa shape index (κ1) is 20.0. The Hall–Kier alpha value is -3.72. The van der Waals surface area contributed by atoms with Gasteiger partial charge in [-0.15, -0.1) is 0 Å². The number of benzene rings is 2.